The number of methoxy groups -OCH3 is 1. The Balaban J connectivity index is 2.29. The van der Waals surface area contributed by atoms with E-state index in [4.69, 9.17) is 14.2 Å². The fourth-order valence-electron chi connectivity index (χ4n) is 1.89. The molecule has 0 amide bonds. The van der Waals surface area contributed by atoms with Gasteiger partial charge in [-0.25, -0.2) is 0 Å². The Morgan fingerprint density at radius 1 is 1.32 bits per heavy atom. The molecule has 0 heterocycles. The second-order valence-electron chi connectivity index (χ2n) is 5.18. The first kappa shape index (κ1) is 16.4. The molecular formula is C14H27NO4. The van der Waals surface area contributed by atoms with Crippen LogP contribution in [0.5, 0.6) is 0 Å². The van der Waals surface area contributed by atoms with E-state index in [1.165, 1.54) is 0 Å². The summed E-state index contributed by atoms with van der Waals surface area (Å²) in [5.41, 5.74) is -0.627. The molecule has 0 saturated heterocycles. The number of hydrogen-bond donors (Lipinski definition) is 1. The molecule has 5 nitrogen and oxygen atoms in total. The van der Waals surface area contributed by atoms with Gasteiger partial charge in [0.25, 0.3) is 0 Å². The summed E-state index contributed by atoms with van der Waals surface area (Å²) in [6.07, 6.45) is 3.80. The van der Waals surface area contributed by atoms with Gasteiger partial charge in [0.2, 0.25) is 0 Å². The quantitative estimate of drug-likeness (QED) is 0.457. The number of rotatable bonds is 11. The Kier molecular flexibility index (Phi) is 7.34. The van der Waals surface area contributed by atoms with Crippen LogP contribution in [-0.2, 0) is 19.0 Å². The van der Waals surface area contributed by atoms with Crippen molar-refractivity contribution in [2.75, 3.05) is 33.5 Å². The van der Waals surface area contributed by atoms with Gasteiger partial charge in [0, 0.05) is 33.0 Å². The molecule has 112 valence electrons. The third-order valence-electron chi connectivity index (χ3n) is 3.21. The molecule has 1 unspecified atom stereocenters. The Labute approximate surface area is 116 Å². The minimum Gasteiger partial charge on any atom is -0.465 e. The minimum atomic E-state index is -0.627. The molecule has 1 aliphatic rings. The summed E-state index contributed by atoms with van der Waals surface area (Å²) in [7, 11) is 1.68. The van der Waals surface area contributed by atoms with Gasteiger partial charge in [-0.15, -0.1) is 0 Å². The van der Waals surface area contributed by atoms with E-state index in [1.54, 1.807) is 7.11 Å². The first-order valence-corrected chi connectivity index (χ1v) is 7.14. The zero-order valence-corrected chi connectivity index (χ0v) is 12.4. The molecular weight excluding hydrogens is 246 g/mol. The van der Waals surface area contributed by atoms with Crippen molar-refractivity contribution in [3.8, 4) is 0 Å². The topological polar surface area (TPSA) is 56.8 Å². The molecule has 1 saturated carbocycles. The molecule has 5 heteroatoms. The van der Waals surface area contributed by atoms with Crippen molar-refractivity contribution in [3.05, 3.63) is 0 Å². The number of carbonyl (C=O) groups is 1. The van der Waals surface area contributed by atoms with Crippen LogP contribution in [0.1, 0.15) is 39.5 Å². The monoisotopic (exact) mass is 273 g/mol. The molecule has 19 heavy (non-hydrogen) atoms. The lowest BCUT2D eigenvalue weighted by atomic mass is 9.98. The lowest BCUT2D eigenvalue weighted by molar-refractivity contribution is -0.151. The van der Waals surface area contributed by atoms with Crippen molar-refractivity contribution in [1.29, 1.82) is 0 Å². The van der Waals surface area contributed by atoms with Crippen LogP contribution < -0.4 is 5.32 Å². The third-order valence-corrected chi connectivity index (χ3v) is 3.21. The summed E-state index contributed by atoms with van der Waals surface area (Å²) in [5.74, 6) is -0.178. The van der Waals surface area contributed by atoms with E-state index >= 15 is 0 Å². The molecule has 1 N–H and O–H groups in total. The minimum absolute atomic E-state index is 0.178. The largest absolute Gasteiger partial charge is 0.465 e. The molecule has 1 fully saturated rings. The van der Waals surface area contributed by atoms with Crippen molar-refractivity contribution in [1.82, 2.24) is 5.32 Å². The molecule has 0 radical (unpaired) electrons. The molecule has 0 aliphatic heterocycles. The zero-order chi connectivity index (χ0) is 14.1. The predicted octanol–water partition coefficient (Wildman–Crippen LogP) is 1.50. The van der Waals surface area contributed by atoms with E-state index in [0.29, 0.717) is 38.9 Å². The number of nitrogens with one attached hydrogen (secondary N) is 1. The standard InChI is InChI=1S/C14H27NO4/c1-4-19-13(16)14(2,15-12-6-7-12)8-11-18-10-5-9-17-3/h12,15H,4-11H2,1-3H3. The molecule has 0 spiro atoms. The smallest absolute Gasteiger partial charge is 0.326 e. The molecule has 0 bridgehead atoms. The van der Waals surface area contributed by atoms with Gasteiger partial charge >= 0.3 is 5.97 Å². The maximum Gasteiger partial charge on any atom is 0.326 e. The Morgan fingerprint density at radius 2 is 2.05 bits per heavy atom. The lowest BCUT2D eigenvalue weighted by Gasteiger charge is -2.28. The van der Waals surface area contributed by atoms with E-state index in [-0.39, 0.29) is 5.97 Å². The molecule has 0 aromatic rings. The van der Waals surface area contributed by atoms with Crippen LogP contribution in [-0.4, -0.2) is 51.1 Å². The fraction of sp³-hybridized carbons (Fsp3) is 0.929. The van der Waals surface area contributed by atoms with Crippen LogP contribution >= 0.6 is 0 Å². The second-order valence-corrected chi connectivity index (χ2v) is 5.18. The summed E-state index contributed by atoms with van der Waals surface area (Å²) in [6, 6.07) is 0.461. The third kappa shape index (κ3) is 6.36. The Morgan fingerprint density at radius 3 is 2.63 bits per heavy atom. The number of esters is 1. The predicted molar refractivity (Wildman–Crippen MR) is 73.1 cm³/mol. The molecule has 0 aromatic carbocycles. The van der Waals surface area contributed by atoms with Crippen LogP contribution in [0.4, 0.5) is 0 Å². The average molecular weight is 273 g/mol. The maximum atomic E-state index is 12.0. The molecule has 1 atom stereocenters. The number of ether oxygens (including phenoxy) is 3. The molecule has 0 aromatic heterocycles. The summed E-state index contributed by atoms with van der Waals surface area (Å²) in [5, 5.41) is 3.37. The first-order chi connectivity index (χ1) is 9.12. The van der Waals surface area contributed by atoms with Crippen LogP contribution in [0.25, 0.3) is 0 Å². The van der Waals surface area contributed by atoms with Gasteiger partial charge in [-0.05, 0) is 39.5 Å². The first-order valence-electron chi connectivity index (χ1n) is 7.14. The van der Waals surface area contributed by atoms with E-state index < -0.39 is 5.54 Å². The highest BCUT2D eigenvalue weighted by Gasteiger charge is 2.39. The van der Waals surface area contributed by atoms with Crippen molar-refractivity contribution in [3.63, 3.8) is 0 Å². The van der Waals surface area contributed by atoms with Crippen LogP contribution in [0, 0.1) is 0 Å². The number of carbonyl (C=O) groups excluding carboxylic acids is 1. The average Bonchev–Trinajstić information content (AvgIpc) is 3.17. The summed E-state index contributed by atoms with van der Waals surface area (Å²) in [6.45, 7) is 6.07. The van der Waals surface area contributed by atoms with E-state index in [0.717, 1.165) is 19.3 Å². The van der Waals surface area contributed by atoms with Crippen molar-refractivity contribution < 1.29 is 19.0 Å². The van der Waals surface area contributed by atoms with Crippen LogP contribution in [0.15, 0.2) is 0 Å². The van der Waals surface area contributed by atoms with Gasteiger partial charge < -0.3 is 14.2 Å². The Bertz CT molecular complexity index is 268. The van der Waals surface area contributed by atoms with Crippen LogP contribution in [0.3, 0.4) is 0 Å². The van der Waals surface area contributed by atoms with Gasteiger partial charge in [0.05, 0.1) is 6.61 Å². The summed E-state index contributed by atoms with van der Waals surface area (Å²) >= 11 is 0. The van der Waals surface area contributed by atoms with Gasteiger partial charge in [-0.3, -0.25) is 10.1 Å². The second kappa shape index (κ2) is 8.51. The highest BCUT2D eigenvalue weighted by Crippen LogP contribution is 2.25. The van der Waals surface area contributed by atoms with Crippen molar-refractivity contribution in [2.24, 2.45) is 0 Å². The van der Waals surface area contributed by atoms with Gasteiger partial charge in [-0.2, -0.15) is 0 Å². The summed E-state index contributed by atoms with van der Waals surface area (Å²) < 4.78 is 15.6. The van der Waals surface area contributed by atoms with Crippen LogP contribution in [0.2, 0.25) is 0 Å². The van der Waals surface area contributed by atoms with Gasteiger partial charge in [0.1, 0.15) is 5.54 Å². The van der Waals surface area contributed by atoms with Gasteiger partial charge in [0.15, 0.2) is 0 Å². The highest BCUT2D eigenvalue weighted by molar-refractivity contribution is 5.80. The van der Waals surface area contributed by atoms with Crippen molar-refractivity contribution >= 4 is 5.97 Å². The van der Waals surface area contributed by atoms with E-state index in [1.807, 2.05) is 13.8 Å². The van der Waals surface area contributed by atoms with Gasteiger partial charge in [-0.1, -0.05) is 0 Å². The lowest BCUT2D eigenvalue weighted by Crippen LogP contribution is -2.52. The van der Waals surface area contributed by atoms with Crippen molar-refractivity contribution in [2.45, 2.75) is 51.1 Å². The number of hydrogen-bond acceptors (Lipinski definition) is 5. The zero-order valence-electron chi connectivity index (χ0n) is 12.4. The summed E-state index contributed by atoms with van der Waals surface area (Å²) in [4.78, 5) is 12.0. The fourth-order valence-corrected chi connectivity index (χ4v) is 1.89. The Hall–Kier alpha value is -0.650. The maximum absolute atomic E-state index is 12.0. The van der Waals surface area contributed by atoms with E-state index in [9.17, 15) is 4.79 Å². The molecule has 1 aliphatic carbocycles. The highest BCUT2D eigenvalue weighted by atomic mass is 16.5. The SMILES string of the molecule is CCOC(=O)C(C)(CCOCCCOC)NC1CC1. The normalized spacial score (nSPS) is 18.1. The molecule has 1 rings (SSSR count). The van der Waals surface area contributed by atoms with E-state index in [2.05, 4.69) is 5.32 Å².